The fourth-order valence-corrected chi connectivity index (χ4v) is 3.21. The van der Waals surface area contributed by atoms with E-state index in [9.17, 15) is 8.78 Å². The summed E-state index contributed by atoms with van der Waals surface area (Å²) in [6.45, 7) is 3.34. The molecule has 0 aliphatic carbocycles. The molecule has 2 aromatic carbocycles. The van der Waals surface area contributed by atoms with E-state index in [0.29, 0.717) is 17.3 Å². The molecule has 0 aliphatic heterocycles. The number of aromatic nitrogens is 2. The first-order valence-electron chi connectivity index (χ1n) is 9.06. The number of aryl methyl sites for hydroxylation is 2. The molecule has 0 spiro atoms. The van der Waals surface area contributed by atoms with E-state index in [1.807, 2.05) is 55.8 Å². The average molecular weight is 416 g/mol. The van der Waals surface area contributed by atoms with Crippen molar-refractivity contribution in [2.24, 2.45) is 0 Å². The van der Waals surface area contributed by atoms with Gasteiger partial charge < -0.3 is 15.4 Å². The molecular formula is C21H22F2N4OS. The molecule has 0 saturated heterocycles. The average Bonchev–Trinajstić information content (AvgIpc) is 2.96. The van der Waals surface area contributed by atoms with Gasteiger partial charge in [-0.1, -0.05) is 24.3 Å². The van der Waals surface area contributed by atoms with E-state index in [4.69, 9.17) is 12.2 Å². The summed E-state index contributed by atoms with van der Waals surface area (Å²) < 4.78 is 31.7. The van der Waals surface area contributed by atoms with Crippen LogP contribution in [0.5, 0.6) is 5.75 Å². The Hall–Kier alpha value is -3.00. The number of thiocarbonyl (C=S) groups is 1. The van der Waals surface area contributed by atoms with Crippen molar-refractivity contribution in [1.29, 1.82) is 0 Å². The molecule has 0 bridgehead atoms. The quantitative estimate of drug-likeness (QED) is 0.561. The molecule has 0 atom stereocenters. The van der Waals surface area contributed by atoms with Gasteiger partial charge >= 0.3 is 6.61 Å². The van der Waals surface area contributed by atoms with E-state index in [1.54, 1.807) is 12.1 Å². The lowest BCUT2D eigenvalue weighted by Gasteiger charge is -2.15. The highest BCUT2D eigenvalue weighted by Crippen LogP contribution is 2.27. The molecule has 0 unspecified atom stereocenters. The van der Waals surface area contributed by atoms with Gasteiger partial charge in [-0.15, -0.1) is 0 Å². The second-order valence-corrected chi connectivity index (χ2v) is 6.99. The van der Waals surface area contributed by atoms with Crippen LogP contribution in [0.2, 0.25) is 0 Å². The number of halogens is 2. The molecule has 3 aromatic rings. The van der Waals surface area contributed by atoms with Gasteiger partial charge in [-0.05, 0) is 62.8 Å². The van der Waals surface area contributed by atoms with Gasteiger partial charge in [0.25, 0.3) is 0 Å². The van der Waals surface area contributed by atoms with E-state index >= 15 is 0 Å². The Kier molecular flexibility index (Phi) is 6.43. The minimum Gasteiger partial charge on any atom is -0.433 e. The van der Waals surface area contributed by atoms with Crippen molar-refractivity contribution >= 4 is 23.0 Å². The number of para-hydroxylation sites is 1. The van der Waals surface area contributed by atoms with Gasteiger partial charge in [-0.2, -0.15) is 13.9 Å². The summed E-state index contributed by atoms with van der Waals surface area (Å²) in [5, 5.41) is 11.0. The third-order valence-corrected chi connectivity index (χ3v) is 4.71. The molecule has 1 aromatic heterocycles. The van der Waals surface area contributed by atoms with E-state index < -0.39 is 6.61 Å². The minimum atomic E-state index is -2.91. The Morgan fingerprint density at radius 2 is 1.86 bits per heavy atom. The van der Waals surface area contributed by atoms with Crippen molar-refractivity contribution in [1.82, 2.24) is 15.1 Å². The Morgan fingerprint density at radius 3 is 2.55 bits per heavy atom. The first-order chi connectivity index (χ1) is 13.8. The predicted octanol–water partition coefficient (Wildman–Crippen LogP) is 4.89. The fraction of sp³-hybridized carbons (Fsp3) is 0.238. The number of alkyl halides is 2. The van der Waals surface area contributed by atoms with E-state index in [2.05, 4.69) is 20.5 Å². The zero-order valence-corrected chi connectivity index (χ0v) is 17.2. The van der Waals surface area contributed by atoms with Crippen molar-refractivity contribution in [3.05, 3.63) is 71.0 Å². The molecule has 2 N–H and O–H groups in total. The standard InChI is InChI=1S/C21H22F2N4OS/c1-13-9-10-19(28-20(22)23)18(11-13)25-21(29)24-12-17-14(2)26-27(15(17)3)16-7-5-4-6-8-16/h4-11,20H,12H2,1-3H3,(H2,24,25,29). The van der Waals surface area contributed by atoms with E-state index in [0.717, 1.165) is 28.2 Å². The van der Waals surface area contributed by atoms with Gasteiger partial charge in [0.15, 0.2) is 5.11 Å². The smallest absolute Gasteiger partial charge is 0.387 e. The van der Waals surface area contributed by atoms with E-state index in [1.165, 1.54) is 6.07 Å². The molecule has 5 nitrogen and oxygen atoms in total. The lowest BCUT2D eigenvalue weighted by atomic mass is 10.2. The molecule has 1 heterocycles. The Balaban J connectivity index is 1.71. The summed E-state index contributed by atoms with van der Waals surface area (Å²) in [5.74, 6) is 0.0407. The van der Waals surface area contributed by atoms with E-state index in [-0.39, 0.29) is 5.75 Å². The molecule has 0 amide bonds. The molecule has 3 rings (SSSR count). The van der Waals surface area contributed by atoms with Crippen LogP contribution in [0.25, 0.3) is 5.69 Å². The normalized spacial score (nSPS) is 10.8. The molecule has 8 heteroatoms. The molecule has 0 saturated carbocycles. The van der Waals surface area contributed by atoms with Crippen LogP contribution in [0, 0.1) is 20.8 Å². The van der Waals surface area contributed by atoms with Crippen LogP contribution in [-0.2, 0) is 6.54 Å². The summed E-state index contributed by atoms with van der Waals surface area (Å²) in [5.41, 5.74) is 5.17. The molecule has 29 heavy (non-hydrogen) atoms. The number of rotatable bonds is 6. The molecule has 0 aliphatic rings. The summed E-state index contributed by atoms with van der Waals surface area (Å²) in [6.07, 6.45) is 0. The minimum absolute atomic E-state index is 0.0407. The predicted molar refractivity (Wildman–Crippen MR) is 114 cm³/mol. The number of nitrogens with zero attached hydrogens (tertiary/aromatic N) is 2. The lowest BCUT2D eigenvalue weighted by Crippen LogP contribution is -2.28. The Morgan fingerprint density at radius 1 is 1.14 bits per heavy atom. The van der Waals surface area contributed by atoms with Crippen molar-refractivity contribution in [2.45, 2.75) is 33.9 Å². The zero-order chi connectivity index (χ0) is 21.0. The summed E-state index contributed by atoms with van der Waals surface area (Å²) in [4.78, 5) is 0. The summed E-state index contributed by atoms with van der Waals surface area (Å²) in [7, 11) is 0. The first kappa shape index (κ1) is 20.7. The second kappa shape index (κ2) is 9.00. The van der Waals surface area contributed by atoms with Crippen molar-refractivity contribution < 1.29 is 13.5 Å². The lowest BCUT2D eigenvalue weighted by molar-refractivity contribution is -0.0493. The van der Waals surface area contributed by atoms with Gasteiger partial charge in [0.2, 0.25) is 0 Å². The second-order valence-electron chi connectivity index (χ2n) is 6.58. The van der Waals surface area contributed by atoms with Crippen LogP contribution in [0.3, 0.4) is 0 Å². The highest BCUT2D eigenvalue weighted by molar-refractivity contribution is 7.80. The summed E-state index contributed by atoms with van der Waals surface area (Å²) in [6, 6.07) is 14.8. The van der Waals surface area contributed by atoms with Crippen LogP contribution in [0.15, 0.2) is 48.5 Å². The first-order valence-corrected chi connectivity index (χ1v) is 9.47. The Bertz CT molecular complexity index is 1010. The SMILES string of the molecule is Cc1ccc(OC(F)F)c(NC(=S)NCc2c(C)nn(-c3ccccc3)c2C)c1. The van der Waals surface area contributed by atoms with Gasteiger partial charge in [-0.3, -0.25) is 0 Å². The number of benzene rings is 2. The van der Waals surface area contributed by atoms with Crippen LogP contribution in [-0.4, -0.2) is 21.5 Å². The molecule has 0 radical (unpaired) electrons. The molecule has 0 fully saturated rings. The van der Waals surface area contributed by atoms with Gasteiger partial charge in [0, 0.05) is 17.8 Å². The maximum Gasteiger partial charge on any atom is 0.387 e. The van der Waals surface area contributed by atoms with Crippen LogP contribution >= 0.6 is 12.2 Å². The Labute approximate surface area is 173 Å². The monoisotopic (exact) mass is 416 g/mol. The number of hydrogen-bond acceptors (Lipinski definition) is 3. The maximum atomic E-state index is 12.6. The van der Waals surface area contributed by atoms with Gasteiger partial charge in [0.05, 0.1) is 17.1 Å². The largest absolute Gasteiger partial charge is 0.433 e. The maximum absolute atomic E-state index is 12.6. The van der Waals surface area contributed by atoms with Crippen LogP contribution in [0.4, 0.5) is 14.5 Å². The highest BCUT2D eigenvalue weighted by Gasteiger charge is 2.14. The highest BCUT2D eigenvalue weighted by atomic mass is 32.1. The van der Waals surface area contributed by atoms with Gasteiger partial charge in [-0.25, -0.2) is 4.68 Å². The van der Waals surface area contributed by atoms with Crippen LogP contribution in [0.1, 0.15) is 22.5 Å². The molecule has 152 valence electrons. The number of hydrogen-bond donors (Lipinski definition) is 2. The summed E-state index contributed by atoms with van der Waals surface area (Å²) >= 11 is 5.35. The number of anilines is 1. The third-order valence-electron chi connectivity index (χ3n) is 4.47. The zero-order valence-electron chi connectivity index (χ0n) is 16.4. The van der Waals surface area contributed by atoms with Gasteiger partial charge in [0.1, 0.15) is 5.75 Å². The fourth-order valence-electron chi connectivity index (χ4n) is 3.03. The molecular weight excluding hydrogens is 394 g/mol. The number of nitrogens with one attached hydrogen (secondary N) is 2. The number of ether oxygens (including phenoxy) is 1. The topological polar surface area (TPSA) is 51.1 Å². The third kappa shape index (κ3) is 5.08. The van der Waals surface area contributed by atoms with Crippen molar-refractivity contribution in [3.8, 4) is 11.4 Å². The van der Waals surface area contributed by atoms with Crippen LogP contribution < -0.4 is 15.4 Å². The van der Waals surface area contributed by atoms with Crippen molar-refractivity contribution in [2.75, 3.05) is 5.32 Å². The van der Waals surface area contributed by atoms with Crippen molar-refractivity contribution in [3.63, 3.8) is 0 Å².